The van der Waals surface area contributed by atoms with Crippen molar-refractivity contribution in [1.29, 1.82) is 0 Å². The summed E-state index contributed by atoms with van der Waals surface area (Å²) in [7, 11) is 3.11. The number of methoxy groups -OCH3 is 2. The molecule has 17 heavy (non-hydrogen) atoms. The first kappa shape index (κ1) is 12.2. The van der Waals surface area contributed by atoms with Crippen molar-refractivity contribution in [2.24, 2.45) is 0 Å². The molecule has 0 spiro atoms. The van der Waals surface area contributed by atoms with Crippen molar-refractivity contribution < 1.29 is 24.4 Å². The Kier molecular flexibility index (Phi) is 3.51. The van der Waals surface area contributed by atoms with Crippen LogP contribution in [0, 0.1) is 0 Å². The monoisotopic (exact) mass is 240 g/mol. The van der Waals surface area contributed by atoms with Gasteiger partial charge in [-0.15, -0.1) is 0 Å². The summed E-state index contributed by atoms with van der Waals surface area (Å²) < 4.78 is 15.9. The van der Waals surface area contributed by atoms with Crippen LogP contribution >= 0.6 is 0 Å². The highest BCUT2D eigenvalue weighted by Crippen LogP contribution is 2.43. The second-order valence-corrected chi connectivity index (χ2v) is 3.81. The van der Waals surface area contributed by atoms with Crippen LogP contribution in [0.15, 0.2) is 12.1 Å². The van der Waals surface area contributed by atoms with E-state index in [1.165, 1.54) is 0 Å². The number of hydrogen-bond acceptors (Lipinski definition) is 5. The normalized spacial score (nSPS) is 22.4. The van der Waals surface area contributed by atoms with E-state index in [9.17, 15) is 10.2 Å². The molecule has 0 saturated carbocycles. The molecule has 0 amide bonds. The summed E-state index contributed by atoms with van der Waals surface area (Å²) in [5.41, 5.74) is 1.67. The molecule has 5 nitrogen and oxygen atoms in total. The van der Waals surface area contributed by atoms with E-state index < -0.39 is 12.2 Å². The zero-order valence-corrected chi connectivity index (χ0v) is 9.84. The van der Waals surface area contributed by atoms with Crippen LogP contribution in [0.2, 0.25) is 0 Å². The fourth-order valence-corrected chi connectivity index (χ4v) is 2.10. The molecule has 1 aliphatic heterocycles. The fraction of sp³-hybridized carbons (Fsp3) is 0.500. The minimum Gasteiger partial charge on any atom is -0.493 e. The Balaban J connectivity index is 2.49. The lowest BCUT2D eigenvalue weighted by molar-refractivity contribution is -0.0415. The van der Waals surface area contributed by atoms with Gasteiger partial charge in [0.2, 0.25) is 0 Å². The molecule has 1 aromatic rings. The van der Waals surface area contributed by atoms with Crippen molar-refractivity contribution in [2.75, 3.05) is 27.4 Å². The lowest BCUT2D eigenvalue weighted by atomic mass is 10.0. The Morgan fingerprint density at radius 1 is 1.00 bits per heavy atom. The van der Waals surface area contributed by atoms with Crippen LogP contribution in [-0.2, 0) is 4.74 Å². The number of fused-ring (bicyclic) bond motifs is 1. The third-order valence-electron chi connectivity index (χ3n) is 2.94. The van der Waals surface area contributed by atoms with Gasteiger partial charge in [-0.05, 0) is 23.3 Å². The Morgan fingerprint density at radius 2 is 1.41 bits per heavy atom. The average molecular weight is 240 g/mol. The lowest BCUT2D eigenvalue weighted by Crippen LogP contribution is -2.05. The molecule has 0 aliphatic carbocycles. The van der Waals surface area contributed by atoms with E-state index in [4.69, 9.17) is 14.2 Å². The first-order valence-corrected chi connectivity index (χ1v) is 5.38. The molecule has 94 valence electrons. The first-order chi connectivity index (χ1) is 8.24. The highest BCUT2D eigenvalue weighted by Gasteiger charge is 2.32. The number of rotatable bonds is 4. The molecule has 1 aromatic carbocycles. The topological polar surface area (TPSA) is 68.2 Å². The minimum atomic E-state index is -0.415. The highest BCUT2D eigenvalue weighted by atomic mass is 16.5. The van der Waals surface area contributed by atoms with Crippen LogP contribution in [0.1, 0.15) is 23.3 Å². The van der Waals surface area contributed by atoms with Gasteiger partial charge in [0.15, 0.2) is 11.5 Å². The summed E-state index contributed by atoms with van der Waals surface area (Å²) in [6.07, 6.45) is -0.830. The molecule has 0 aromatic heterocycles. The molecule has 0 saturated heterocycles. The van der Waals surface area contributed by atoms with Crippen molar-refractivity contribution >= 4 is 0 Å². The zero-order chi connectivity index (χ0) is 12.4. The Morgan fingerprint density at radius 3 is 1.71 bits per heavy atom. The molecule has 2 unspecified atom stereocenters. The predicted octanol–water partition coefficient (Wildman–Crippen LogP) is 0.801. The van der Waals surface area contributed by atoms with Gasteiger partial charge >= 0.3 is 0 Å². The SMILES string of the molecule is COc1cc2c(cc1OC)C(CO)OC2CO. The molecular weight excluding hydrogens is 224 g/mol. The largest absolute Gasteiger partial charge is 0.493 e. The predicted molar refractivity (Wildman–Crippen MR) is 60.3 cm³/mol. The highest BCUT2D eigenvalue weighted by molar-refractivity contribution is 5.50. The van der Waals surface area contributed by atoms with Gasteiger partial charge in [-0.25, -0.2) is 0 Å². The van der Waals surface area contributed by atoms with E-state index in [-0.39, 0.29) is 13.2 Å². The molecular formula is C12H16O5. The molecule has 0 fully saturated rings. The molecule has 1 aliphatic rings. The van der Waals surface area contributed by atoms with Gasteiger partial charge in [-0.2, -0.15) is 0 Å². The number of benzene rings is 1. The maximum absolute atomic E-state index is 9.24. The summed E-state index contributed by atoms with van der Waals surface area (Å²) >= 11 is 0. The third-order valence-corrected chi connectivity index (χ3v) is 2.94. The molecule has 2 rings (SSSR count). The van der Waals surface area contributed by atoms with Crippen molar-refractivity contribution in [3.05, 3.63) is 23.3 Å². The number of ether oxygens (including phenoxy) is 3. The van der Waals surface area contributed by atoms with E-state index in [1.54, 1.807) is 26.4 Å². The van der Waals surface area contributed by atoms with Gasteiger partial charge in [0.1, 0.15) is 12.2 Å². The van der Waals surface area contributed by atoms with E-state index >= 15 is 0 Å². The maximum Gasteiger partial charge on any atom is 0.161 e. The Labute approximate surface area is 99.5 Å². The maximum atomic E-state index is 9.24. The number of aliphatic hydroxyl groups excluding tert-OH is 2. The van der Waals surface area contributed by atoms with Crippen molar-refractivity contribution in [2.45, 2.75) is 12.2 Å². The summed E-state index contributed by atoms with van der Waals surface area (Å²) in [6, 6.07) is 3.56. The van der Waals surface area contributed by atoms with Crippen LogP contribution in [0.4, 0.5) is 0 Å². The zero-order valence-electron chi connectivity index (χ0n) is 9.84. The summed E-state index contributed by atoms with van der Waals surface area (Å²) in [5.74, 6) is 1.18. The van der Waals surface area contributed by atoms with E-state index in [2.05, 4.69) is 0 Å². The second kappa shape index (κ2) is 4.91. The molecule has 0 bridgehead atoms. The standard InChI is InChI=1S/C12H16O5/c1-15-9-3-7-8(4-10(9)16-2)12(6-14)17-11(7)5-13/h3-4,11-14H,5-6H2,1-2H3. The van der Waals surface area contributed by atoms with Crippen molar-refractivity contribution in [3.8, 4) is 11.5 Å². The van der Waals surface area contributed by atoms with Crippen LogP contribution in [-0.4, -0.2) is 37.6 Å². The van der Waals surface area contributed by atoms with Gasteiger partial charge in [0.25, 0.3) is 0 Å². The van der Waals surface area contributed by atoms with Gasteiger partial charge in [-0.3, -0.25) is 0 Å². The summed E-state index contributed by atoms with van der Waals surface area (Å²) in [6.45, 7) is -0.252. The van der Waals surface area contributed by atoms with Crippen LogP contribution in [0.3, 0.4) is 0 Å². The van der Waals surface area contributed by atoms with Gasteiger partial charge in [0, 0.05) is 0 Å². The van der Waals surface area contributed by atoms with Crippen LogP contribution in [0.25, 0.3) is 0 Å². The van der Waals surface area contributed by atoms with Gasteiger partial charge in [0.05, 0.1) is 27.4 Å². The molecule has 5 heteroatoms. The lowest BCUT2D eigenvalue weighted by Gasteiger charge is -2.11. The Hall–Kier alpha value is -1.30. The van der Waals surface area contributed by atoms with Crippen LogP contribution in [0.5, 0.6) is 11.5 Å². The third kappa shape index (κ3) is 1.97. The molecule has 2 N–H and O–H groups in total. The first-order valence-electron chi connectivity index (χ1n) is 5.38. The second-order valence-electron chi connectivity index (χ2n) is 3.81. The molecule has 0 radical (unpaired) electrons. The van der Waals surface area contributed by atoms with E-state index in [0.29, 0.717) is 11.5 Å². The van der Waals surface area contributed by atoms with E-state index in [1.807, 2.05) is 0 Å². The molecule has 1 heterocycles. The summed E-state index contributed by atoms with van der Waals surface area (Å²) in [4.78, 5) is 0. The van der Waals surface area contributed by atoms with Crippen molar-refractivity contribution in [3.63, 3.8) is 0 Å². The molecule has 2 atom stereocenters. The Bertz CT molecular complexity index is 367. The smallest absolute Gasteiger partial charge is 0.161 e. The fourth-order valence-electron chi connectivity index (χ4n) is 2.10. The van der Waals surface area contributed by atoms with E-state index in [0.717, 1.165) is 11.1 Å². The van der Waals surface area contributed by atoms with Crippen molar-refractivity contribution in [1.82, 2.24) is 0 Å². The summed E-state index contributed by atoms with van der Waals surface area (Å²) in [5, 5.41) is 18.5. The van der Waals surface area contributed by atoms with Gasteiger partial charge in [-0.1, -0.05) is 0 Å². The van der Waals surface area contributed by atoms with Crippen LogP contribution < -0.4 is 9.47 Å². The number of aliphatic hydroxyl groups is 2. The average Bonchev–Trinajstić information content (AvgIpc) is 2.73. The minimum absolute atomic E-state index is 0.126. The quantitative estimate of drug-likeness (QED) is 0.814. The van der Waals surface area contributed by atoms with Gasteiger partial charge < -0.3 is 24.4 Å². The number of hydrogen-bond donors (Lipinski definition) is 2.